The first-order valence-corrected chi connectivity index (χ1v) is 8.97. The SMILES string of the molecule is CCOc1cc(CN[C@@H](C)CC)cc(Cl)c1OCc1ccc(F)cc1. The van der Waals surface area contributed by atoms with Gasteiger partial charge in [0.1, 0.15) is 12.4 Å². The summed E-state index contributed by atoms with van der Waals surface area (Å²) >= 11 is 6.42. The highest BCUT2D eigenvalue weighted by Gasteiger charge is 2.13. The van der Waals surface area contributed by atoms with Gasteiger partial charge in [0.05, 0.1) is 11.6 Å². The average Bonchev–Trinajstić information content (AvgIpc) is 2.60. The first-order valence-electron chi connectivity index (χ1n) is 8.59. The van der Waals surface area contributed by atoms with Crippen LogP contribution in [0.15, 0.2) is 36.4 Å². The third kappa shape index (κ3) is 5.91. The molecule has 2 rings (SSSR count). The van der Waals surface area contributed by atoms with Crippen molar-refractivity contribution in [2.24, 2.45) is 0 Å². The predicted molar refractivity (Wildman–Crippen MR) is 99.9 cm³/mol. The Labute approximate surface area is 154 Å². The van der Waals surface area contributed by atoms with Gasteiger partial charge >= 0.3 is 0 Å². The number of hydrogen-bond donors (Lipinski definition) is 1. The Morgan fingerprint density at radius 3 is 2.44 bits per heavy atom. The van der Waals surface area contributed by atoms with Gasteiger partial charge in [-0.1, -0.05) is 30.7 Å². The zero-order chi connectivity index (χ0) is 18.2. The van der Waals surface area contributed by atoms with Gasteiger partial charge in [-0.3, -0.25) is 0 Å². The molecule has 0 aliphatic rings. The van der Waals surface area contributed by atoms with Gasteiger partial charge in [-0.2, -0.15) is 0 Å². The topological polar surface area (TPSA) is 30.5 Å². The molecule has 2 aromatic carbocycles. The van der Waals surface area contributed by atoms with Crippen molar-refractivity contribution >= 4 is 11.6 Å². The van der Waals surface area contributed by atoms with Crippen LogP contribution < -0.4 is 14.8 Å². The quantitative estimate of drug-likeness (QED) is 0.650. The van der Waals surface area contributed by atoms with Gasteiger partial charge in [-0.05, 0) is 55.7 Å². The van der Waals surface area contributed by atoms with Gasteiger partial charge in [0.2, 0.25) is 0 Å². The number of ether oxygens (including phenoxy) is 2. The van der Waals surface area contributed by atoms with Crippen LogP contribution in [0.1, 0.15) is 38.3 Å². The molecule has 5 heteroatoms. The summed E-state index contributed by atoms with van der Waals surface area (Å²) < 4.78 is 24.5. The molecule has 0 fully saturated rings. The summed E-state index contributed by atoms with van der Waals surface area (Å²) in [6.07, 6.45) is 1.06. The lowest BCUT2D eigenvalue weighted by Crippen LogP contribution is -2.24. The van der Waals surface area contributed by atoms with Crippen LogP contribution in [-0.2, 0) is 13.2 Å². The maximum absolute atomic E-state index is 13.0. The third-order valence-electron chi connectivity index (χ3n) is 3.93. The molecular weight excluding hydrogens is 341 g/mol. The molecule has 0 amide bonds. The fraction of sp³-hybridized carbons (Fsp3) is 0.400. The van der Waals surface area contributed by atoms with Crippen molar-refractivity contribution in [3.8, 4) is 11.5 Å². The second kappa shape index (κ2) is 9.64. The Kier molecular flexibility index (Phi) is 7.53. The average molecular weight is 366 g/mol. The van der Waals surface area contributed by atoms with E-state index in [0.29, 0.717) is 42.3 Å². The molecule has 0 bridgehead atoms. The molecule has 0 spiro atoms. The maximum atomic E-state index is 13.0. The molecule has 0 aromatic heterocycles. The van der Waals surface area contributed by atoms with Crippen LogP contribution in [0.3, 0.4) is 0 Å². The van der Waals surface area contributed by atoms with Crippen molar-refractivity contribution in [2.75, 3.05) is 6.61 Å². The van der Waals surface area contributed by atoms with Crippen molar-refractivity contribution in [2.45, 2.75) is 46.4 Å². The zero-order valence-corrected chi connectivity index (χ0v) is 15.7. The summed E-state index contributed by atoms with van der Waals surface area (Å²) in [4.78, 5) is 0. The minimum Gasteiger partial charge on any atom is -0.490 e. The Balaban J connectivity index is 2.13. The summed E-state index contributed by atoms with van der Waals surface area (Å²) in [7, 11) is 0. The highest BCUT2D eigenvalue weighted by Crippen LogP contribution is 2.37. The van der Waals surface area contributed by atoms with Crippen LogP contribution in [-0.4, -0.2) is 12.6 Å². The predicted octanol–water partition coefficient (Wildman–Crippen LogP) is 5.34. The van der Waals surface area contributed by atoms with Crippen LogP contribution in [0.25, 0.3) is 0 Å². The smallest absolute Gasteiger partial charge is 0.180 e. The molecule has 3 nitrogen and oxygen atoms in total. The first-order chi connectivity index (χ1) is 12.0. The lowest BCUT2D eigenvalue weighted by Gasteiger charge is -2.17. The zero-order valence-electron chi connectivity index (χ0n) is 14.9. The molecule has 0 heterocycles. The van der Waals surface area contributed by atoms with Crippen molar-refractivity contribution < 1.29 is 13.9 Å². The normalized spacial score (nSPS) is 12.0. The van der Waals surface area contributed by atoms with Crippen molar-refractivity contribution in [3.63, 3.8) is 0 Å². The number of halogens is 2. The van der Waals surface area contributed by atoms with Gasteiger partial charge in [-0.15, -0.1) is 0 Å². The number of hydrogen-bond acceptors (Lipinski definition) is 3. The summed E-state index contributed by atoms with van der Waals surface area (Å²) in [5.41, 5.74) is 1.91. The molecule has 136 valence electrons. The fourth-order valence-electron chi connectivity index (χ4n) is 2.30. The lowest BCUT2D eigenvalue weighted by atomic mass is 10.1. The van der Waals surface area contributed by atoms with Gasteiger partial charge in [0.25, 0.3) is 0 Å². The standard InChI is InChI=1S/C20H25ClFNO2/c1-4-14(3)23-12-16-10-18(21)20(19(11-16)24-5-2)25-13-15-6-8-17(22)9-7-15/h6-11,14,23H,4-5,12-13H2,1-3H3/t14-/m0/s1. The fourth-order valence-corrected chi connectivity index (χ4v) is 2.59. The molecular formula is C20H25ClFNO2. The molecule has 0 aliphatic carbocycles. The second-order valence-electron chi connectivity index (χ2n) is 5.94. The highest BCUT2D eigenvalue weighted by molar-refractivity contribution is 6.32. The largest absolute Gasteiger partial charge is 0.490 e. The molecule has 0 aliphatic heterocycles. The molecule has 0 unspecified atom stereocenters. The van der Waals surface area contributed by atoms with Gasteiger partial charge < -0.3 is 14.8 Å². The number of nitrogens with one attached hydrogen (secondary N) is 1. The van der Waals surface area contributed by atoms with E-state index in [0.717, 1.165) is 17.5 Å². The van der Waals surface area contributed by atoms with Crippen molar-refractivity contribution in [1.29, 1.82) is 0 Å². The molecule has 25 heavy (non-hydrogen) atoms. The maximum Gasteiger partial charge on any atom is 0.180 e. The molecule has 1 N–H and O–H groups in total. The van der Waals surface area contributed by atoms with Crippen LogP contribution in [0.5, 0.6) is 11.5 Å². The van der Waals surface area contributed by atoms with E-state index in [9.17, 15) is 4.39 Å². The summed E-state index contributed by atoms with van der Waals surface area (Å²) in [6, 6.07) is 10.5. The monoisotopic (exact) mass is 365 g/mol. The highest BCUT2D eigenvalue weighted by atomic mass is 35.5. The summed E-state index contributed by atoms with van der Waals surface area (Å²) in [6.45, 7) is 7.73. The Bertz CT molecular complexity index is 676. The molecule has 0 radical (unpaired) electrons. The lowest BCUT2D eigenvalue weighted by molar-refractivity contribution is 0.269. The molecule has 0 saturated heterocycles. The minimum atomic E-state index is -0.269. The van der Waals surface area contributed by atoms with E-state index in [1.54, 1.807) is 12.1 Å². The Morgan fingerprint density at radius 2 is 1.80 bits per heavy atom. The van der Waals surface area contributed by atoms with Gasteiger partial charge in [0.15, 0.2) is 11.5 Å². The van der Waals surface area contributed by atoms with Crippen LogP contribution in [0.4, 0.5) is 4.39 Å². The van der Waals surface area contributed by atoms with E-state index in [4.69, 9.17) is 21.1 Å². The summed E-state index contributed by atoms with van der Waals surface area (Å²) in [5.74, 6) is 0.869. The van der Waals surface area contributed by atoms with E-state index in [1.165, 1.54) is 12.1 Å². The third-order valence-corrected chi connectivity index (χ3v) is 4.21. The van der Waals surface area contributed by atoms with Crippen LogP contribution in [0.2, 0.25) is 5.02 Å². The van der Waals surface area contributed by atoms with Crippen LogP contribution >= 0.6 is 11.6 Å². The van der Waals surface area contributed by atoms with Gasteiger partial charge in [0, 0.05) is 12.6 Å². The molecule has 0 saturated carbocycles. The van der Waals surface area contributed by atoms with Gasteiger partial charge in [-0.25, -0.2) is 4.39 Å². The van der Waals surface area contributed by atoms with Crippen molar-refractivity contribution in [1.82, 2.24) is 5.32 Å². The van der Waals surface area contributed by atoms with E-state index < -0.39 is 0 Å². The minimum absolute atomic E-state index is 0.269. The van der Waals surface area contributed by atoms with E-state index in [-0.39, 0.29) is 5.82 Å². The number of rotatable bonds is 9. The first kappa shape index (κ1) is 19.5. The van der Waals surface area contributed by atoms with E-state index in [1.807, 2.05) is 19.1 Å². The summed E-state index contributed by atoms with van der Waals surface area (Å²) in [5, 5.41) is 3.95. The number of benzene rings is 2. The van der Waals surface area contributed by atoms with E-state index in [2.05, 4.69) is 19.2 Å². The Morgan fingerprint density at radius 1 is 1.08 bits per heavy atom. The second-order valence-corrected chi connectivity index (χ2v) is 6.35. The van der Waals surface area contributed by atoms with Crippen LogP contribution in [0, 0.1) is 5.82 Å². The Hall–Kier alpha value is -1.78. The molecule has 2 aromatic rings. The van der Waals surface area contributed by atoms with E-state index >= 15 is 0 Å². The van der Waals surface area contributed by atoms with Crippen molar-refractivity contribution in [3.05, 3.63) is 58.4 Å². The molecule has 1 atom stereocenters.